The second-order valence-electron chi connectivity index (χ2n) is 9.89. The van der Waals surface area contributed by atoms with E-state index < -0.39 is 0 Å². The predicted octanol–water partition coefficient (Wildman–Crippen LogP) is 4.79. The zero-order chi connectivity index (χ0) is 17.7. The third kappa shape index (κ3) is 13.5. The van der Waals surface area contributed by atoms with E-state index in [-0.39, 0.29) is 22.2 Å². The summed E-state index contributed by atoms with van der Waals surface area (Å²) in [6.45, 7) is 24.3. The van der Waals surface area contributed by atoms with Crippen LogP contribution in [0.15, 0.2) is 0 Å². The van der Waals surface area contributed by atoms with E-state index in [9.17, 15) is 0 Å². The number of hydrogen-bond acceptors (Lipinski definition) is 3. The molecule has 0 atom stereocenters. The number of hydrogen-bond donors (Lipinski definition) is 1. The Labute approximate surface area is 139 Å². The molecule has 0 radical (unpaired) electrons. The summed E-state index contributed by atoms with van der Waals surface area (Å²) in [6.07, 6.45) is 1.92. The Bertz CT molecular complexity index is 308. The number of ether oxygens (including phenoxy) is 2. The van der Waals surface area contributed by atoms with Gasteiger partial charge in [0.1, 0.15) is 0 Å². The van der Waals surface area contributed by atoms with Crippen LogP contribution >= 0.6 is 0 Å². The van der Waals surface area contributed by atoms with Crippen LogP contribution in [0.5, 0.6) is 0 Å². The molecule has 0 saturated heterocycles. The molecule has 0 unspecified atom stereocenters. The summed E-state index contributed by atoms with van der Waals surface area (Å²) in [4.78, 5) is 0. The van der Waals surface area contributed by atoms with Crippen molar-refractivity contribution in [2.45, 2.75) is 98.8 Å². The van der Waals surface area contributed by atoms with Crippen LogP contribution in [0.1, 0.15) is 82.1 Å². The second-order valence-corrected chi connectivity index (χ2v) is 9.89. The van der Waals surface area contributed by atoms with Gasteiger partial charge in [-0.3, -0.25) is 0 Å². The van der Waals surface area contributed by atoms with E-state index in [1.807, 2.05) is 0 Å². The maximum absolute atomic E-state index is 6.09. The van der Waals surface area contributed by atoms with Gasteiger partial charge < -0.3 is 14.8 Å². The molecule has 3 nitrogen and oxygen atoms in total. The third-order valence-electron chi connectivity index (χ3n) is 3.48. The summed E-state index contributed by atoms with van der Waals surface area (Å²) in [5.74, 6) is 0. The third-order valence-corrected chi connectivity index (χ3v) is 3.48. The van der Waals surface area contributed by atoms with Crippen LogP contribution in [0.3, 0.4) is 0 Å². The van der Waals surface area contributed by atoms with Crippen LogP contribution in [-0.4, -0.2) is 36.5 Å². The van der Waals surface area contributed by atoms with Gasteiger partial charge in [-0.15, -0.1) is 0 Å². The zero-order valence-corrected chi connectivity index (χ0v) is 16.9. The first-order valence-electron chi connectivity index (χ1n) is 8.65. The maximum Gasteiger partial charge on any atom is 0.0648 e. The molecule has 22 heavy (non-hydrogen) atoms. The average molecular weight is 316 g/mol. The van der Waals surface area contributed by atoms with E-state index in [0.717, 1.165) is 32.6 Å². The lowest BCUT2D eigenvalue weighted by Crippen LogP contribution is -2.40. The summed E-state index contributed by atoms with van der Waals surface area (Å²) in [5, 5.41) is 3.52. The van der Waals surface area contributed by atoms with Crippen molar-refractivity contribution >= 4 is 0 Å². The van der Waals surface area contributed by atoms with Gasteiger partial charge in [-0.2, -0.15) is 0 Å². The molecule has 0 fully saturated rings. The molecular weight excluding hydrogens is 274 g/mol. The van der Waals surface area contributed by atoms with Crippen LogP contribution in [0.4, 0.5) is 0 Å². The molecule has 0 saturated carbocycles. The van der Waals surface area contributed by atoms with Gasteiger partial charge in [0, 0.05) is 5.54 Å². The molecule has 0 bridgehead atoms. The van der Waals surface area contributed by atoms with E-state index in [1.165, 1.54) is 0 Å². The monoisotopic (exact) mass is 315 g/mol. The molecule has 0 aromatic carbocycles. The predicted molar refractivity (Wildman–Crippen MR) is 96.5 cm³/mol. The molecule has 0 spiro atoms. The van der Waals surface area contributed by atoms with Gasteiger partial charge in [-0.25, -0.2) is 0 Å². The Balaban J connectivity index is 4.05. The smallest absolute Gasteiger partial charge is 0.0648 e. The van der Waals surface area contributed by atoms with Crippen LogP contribution in [0.25, 0.3) is 0 Å². The van der Waals surface area contributed by atoms with E-state index in [0.29, 0.717) is 0 Å². The highest BCUT2D eigenvalue weighted by Crippen LogP contribution is 2.23. The Hall–Kier alpha value is -0.120. The van der Waals surface area contributed by atoms with Crippen molar-refractivity contribution in [2.24, 2.45) is 5.41 Å². The summed E-state index contributed by atoms with van der Waals surface area (Å²) < 4.78 is 12.1. The number of nitrogens with one attached hydrogen (secondary N) is 1. The summed E-state index contributed by atoms with van der Waals surface area (Å²) >= 11 is 0. The van der Waals surface area contributed by atoms with Crippen molar-refractivity contribution in [2.75, 3.05) is 19.8 Å². The first-order valence-corrected chi connectivity index (χ1v) is 8.65. The van der Waals surface area contributed by atoms with Crippen molar-refractivity contribution in [1.29, 1.82) is 0 Å². The molecule has 0 aromatic rings. The fourth-order valence-electron chi connectivity index (χ4n) is 1.87. The highest BCUT2D eigenvalue weighted by atomic mass is 16.5. The largest absolute Gasteiger partial charge is 0.375 e. The summed E-state index contributed by atoms with van der Waals surface area (Å²) in [7, 11) is 0. The van der Waals surface area contributed by atoms with Crippen LogP contribution in [0.2, 0.25) is 0 Å². The van der Waals surface area contributed by atoms with Crippen LogP contribution < -0.4 is 5.32 Å². The minimum absolute atomic E-state index is 0.0989. The van der Waals surface area contributed by atoms with Gasteiger partial charge in [-0.05, 0) is 73.3 Å². The van der Waals surface area contributed by atoms with Gasteiger partial charge in [0.05, 0.1) is 24.4 Å². The first kappa shape index (κ1) is 21.9. The van der Waals surface area contributed by atoms with Crippen molar-refractivity contribution < 1.29 is 9.47 Å². The minimum Gasteiger partial charge on any atom is -0.375 e. The van der Waals surface area contributed by atoms with Gasteiger partial charge in [0.25, 0.3) is 0 Å². The lowest BCUT2D eigenvalue weighted by molar-refractivity contribution is -0.0890. The molecular formula is C19H41NO2. The highest BCUT2D eigenvalue weighted by Gasteiger charge is 2.24. The Morgan fingerprint density at radius 2 is 1.18 bits per heavy atom. The first-order chi connectivity index (χ1) is 9.62. The summed E-state index contributed by atoms with van der Waals surface area (Å²) in [5.41, 5.74) is 0.139. The molecule has 0 aliphatic heterocycles. The van der Waals surface area contributed by atoms with Gasteiger partial charge in [0.2, 0.25) is 0 Å². The highest BCUT2D eigenvalue weighted by molar-refractivity contribution is 4.77. The molecule has 3 heteroatoms. The zero-order valence-electron chi connectivity index (χ0n) is 16.9. The fraction of sp³-hybridized carbons (Fsp3) is 1.00. The summed E-state index contributed by atoms with van der Waals surface area (Å²) in [6, 6.07) is 0. The van der Waals surface area contributed by atoms with E-state index in [1.54, 1.807) is 0 Å². The quantitative estimate of drug-likeness (QED) is 0.663. The molecule has 0 aliphatic rings. The normalized spacial score (nSPS) is 14.5. The fourth-order valence-corrected chi connectivity index (χ4v) is 1.87. The molecule has 1 N–H and O–H groups in total. The van der Waals surface area contributed by atoms with E-state index in [4.69, 9.17) is 9.47 Å². The van der Waals surface area contributed by atoms with Crippen LogP contribution in [-0.2, 0) is 9.47 Å². The van der Waals surface area contributed by atoms with Gasteiger partial charge in [0.15, 0.2) is 0 Å². The molecule has 0 aliphatic carbocycles. The molecule has 134 valence electrons. The van der Waals surface area contributed by atoms with E-state index >= 15 is 0 Å². The molecule has 0 heterocycles. The van der Waals surface area contributed by atoms with Gasteiger partial charge in [-0.1, -0.05) is 20.8 Å². The Morgan fingerprint density at radius 3 is 1.64 bits per heavy atom. The lowest BCUT2D eigenvalue weighted by atomic mass is 9.97. The Morgan fingerprint density at radius 1 is 0.682 bits per heavy atom. The van der Waals surface area contributed by atoms with Crippen molar-refractivity contribution in [1.82, 2.24) is 5.32 Å². The van der Waals surface area contributed by atoms with Crippen molar-refractivity contribution in [3.8, 4) is 0 Å². The topological polar surface area (TPSA) is 30.5 Å². The Kier molecular flexibility index (Phi) is 8.08. The van der Waals surface area contributed by atoms with Gasteiger partial charge >= 0.3 is 0 Å². The second kappa shape index (κ2) is 8.12. The lowest BCUT2D eigenvalue weighted by Gasteiger charge is -2.32. The molecule has 0 amide bonds. The average Bonchev–Trinajstić information content (AvgIpc) is 2.22. The SMILES string of the molecule is CC(C)(C)COC(C)(C)CCOC(C)(C)CCNC(C)(C)C. The number of rotatable bonds is 9. The molecule has 0 rings (SSSR count). The minimum atomic E-state index is -0.132. The van der Waals surface area contributed by atoms with Crippen molar-refractivity contribution in [3.05, 3.63) is 0 Å². The molecule has 0 aromatic heterocycles. The van der Waals surface area contributed by atoms with Crippen LogP contribution in [0, 0.1) is 5.41 Å². The standard InChI is InChI=1S/C19H41NO2/c1-16(2,3)15-22-19(9,10)12-14-21-18(7,8)11-13-20-17(4,5)6/h20H,11-15H2,1-10H3. The maximum atomic E-state index is 6.09. The van der Waals surface area contributed by atoms with Crippen molar-refractivity contribution in [3.63, 3.8) is 0 Å². The van der Waals surface area contributed by atoms with E-state index in [2.05, 4.69) is 74.6 Å².